The quantitative estimate of drug-likeness (QED) is 0.830. The van der Waals surface area contributed by atoms with Crippen molar-refractivity contribution in [2.45, 2.75) is 13.2 Å². The number of esters is 1. The summed E-state index contributed by atoms with van der Waals surface area (Å²) in [5.41, 5.74) is 1.02. The number of methoxy groups -OCH3 is 1. The normalized spacial score (nSPS) is 10.3. The zero-order valence-corrected chi connectivity index (χ0v) is 11.6. The highest BCUT2D eigenvalue weighted by atomic mass is 35.5. The van der Waals surface area contributed by atoms with Crippen molar-refractivity contribution in [2.24, 2.45) is 0 Å². The maximum absolute atomic E-state index is 11.5. The van der Waals surface area contributed by atoms with Gasteiger partial charge in [0.1, 0.15) is 18.1 Å². The van der Waals surface area contributed by atoms with Gasteiger partial charge in [-0.3, -0.25) is 0 Å². The summed E-state index contributed by atoms with van der Waals surface area (Å²) < 4.78 is 10.0. The van der Waals surface area contributed by atoms with Gasteiger partial charge in [0, 0.05) is 0 Å². The van der Waals surface area contributed by atoms with Gasteiger partial charge in [-0.25, -0.2) is 4.79 Å². The van der Waals surface area contributed by atoms with Crippen LogP contribution in [0.2, 0.25) is 5.02 Å². The Morgan fingerprint density at radius 1 is 1.35 bits per heavy atom. The number of ether oxygens (including phenoxy) is 1. The van der Waals surface area contributed by atoms with Crippen molar-refractivity contribution in [2.75, 3.05) is 12.4 Å². The number of carbonyl (C=O) groups is 1. The summed E-state index contributed by atoms with van der Waals surface area (Å²) in [6.45, 7) is 0.253. The molecule has 0 bridgehead atoms. The van der Waals surface area contributed by atoms with Crippen molar-refractivity contribution in [3.63, 3.8) is 0 Å². The number of anilines is 1. The first-order chi connectivity index (χ1) is 9.63. The first-order valence-corrected chi connectivity index (χ1v) is 6.32. The van der Waals surface area contributed by atoms with Crippen LogP contribution in [0.25, 0.3) is 0 Å². The van der Waals surface area contributed by atoms with E-state index in [9.17, 15) is 4.79 Å². The van der Waals surface area contributed by atoms with Crippen LogP contribution < -0.4 is 5.32 Å². The summed E-state index contributed by atoms with van der Waals surface area (Å²) >= 11 is 6.06. The molecule has 0 amide bonds. The molecule has 0 aliphatic heterocycles. The van der Waals surface area contributed by atoms with E-state index < -0.39 is 5.97 Å². The van der Waals surface area contributed by atoms with Crippen LogP contribution in [-0.2, 0) is 17.9 Å². The second-order valence-corrected chi connectivity index (χ2v) is 4.47. The Bertz CT molecular complexity index is 609. The molecule has 0 atom stereocenters. The van der Waals surface area contributed by atoms with Gasteiger partial charge in [0.2, 0.25) is 0 Å². The third-order valence-corrected chi connectivity index (χ3v) is 3.04. The van der Waals surface area contributed by atoms with Crippen molar-refractivity contribution in [3.8, 4) is 0 Å². The maximum Gasteiger partial charge on any atom is 0.337 e. The molecule has 0 aliphatic rings. The Hall–Kier alpha value is -1.98. The van der Waals surface area contributed by atoms with Gasteiger partial charge in [-0.1, -0.05) is 11.6 Å². The van der Waals surface area contributed by atoms with Crippen LogP contribution in [0.5, 0.6) is 0 Å². The average molecular weight is 296 g/mol. The van der Waals surface area contributed by atoms with Crippen molar-refractivity contribution < 1.29 is 19.1 Å². The minimum atomic E-state index is -0.426. The Balaban J connectivity index is 2.10. The van der Waals surface area contributed by atoms with E-state index in [1.807, 2.05) is 0 Å². The van der Waals surface area contributed by atoms with Crippen LogP contribution >= 0.6 is 11.6 Å². The lowest BCUT2D eigenvalue weighted by Gasteiger charge is -2.08. The Labute approximate surface area is 121 Å². The number of halogens is 1. The fourth-order valence-electron chi connectivity index (χ4n) is 1.69. The molecule has 0 spiro atoms. The molecule has 0 saturated carbocycles. The summed E-state index contributed by atoms with van der Waals surface area (Å²) in [5.74, 6) is 0.732. The molecule has 1 heterocycles. The topological polar surface area (TPSA) is 71.7 Å². The van der Waals surface area contributed by atoms with Gasteiger partial charge in [-0.2, -0.15) is 0 Å². The zero-order chi connectivity index (χ0) is 14.5. The summed E-state index contributed by atoms with van der Waals surface area (Å²) in [7, 11) is 1.32. The number of aliphatic hydroxyl groups is 1. The van der Waals surface area contributed by atoms with Crippen LogP contribution in [0.4, 0.5) is 5.69 Å². The SMILES string of the molecule is COC(=O)c1ccc(Cl)c(NCc2ccc(CO)o2)c1. The molecule has 6 heteroatoms. The van der Waals surface area contributed by atoms with Gasteiger partial charge in [0.15, 0.2) is 0 Å². The van der Waals surface area contributed by atoms with E-state index in [1.165, 1.54) is 7.11 Å². The van der Waals surface area contributed by atoms with E-state index >= 15 is 0 Å². The molecule has 0 unspecified atom stereocenters. The lowest BCUT2D eigenvalue weighted by molar-refractivity contribution is 0.0601. The minimum absolute atomic E-state index is 0.140. The smallest absolute Gasteiger partial charge is 0.337 e. The van der Waals surface area contributed by atoms with E-state index in [1.54, 1.807) is 30.3 Å². The summed E-state index contributed by atoms with van der Waals surface area (Å²) in [5, 5.41) is 12.5. The minimum Gasteiger partial charge on any atom is -0.465 e. The van der Waals surface area contributed by atoms with Crippen molar-refractivity contribution in [3.05, 3.63) is 52.4 Å². The molecule has 1 aromatic carbocycles. The summed E-state index contributed by atoms with van der Waals surface area (Å²) in [6.07, 6.45) is 0. The Morgan fingerprint density at radius 3 is 2.75 bits per heavy atom. The number of carbonyl (C=O) groups excluding carboxylic acids is 1. The molecular formula is C14H14ClNO4. The van der Waals surface area contributed by atoms with Gasteiger partial charge in [-0.15, -0.1) is 0 Å². The van der Waals surface area contributed by atoms with Crippen LogP contribution in [0.3, 0.4) is 0 Å². The van der Waals surface area contributed by atoms with Gasteiger partial charge < -0.3 is 19.6 Å². The zero-order valence-electron chi connectivity index (χ0n) is 10.9. The predicted molar refractivity (Wildman–Crippen MR) is 74.7 cm³/mol. The molecule has 2 N–H and O–H groups in total. The van der Waals surface area contributed by atoms with Gasteiger partial charge in [-0.05, 0) is 30.3 Å². The summed E-state index contributed by atoms with van der Waals surface area (Å²) in [4.78, 5) is 11.5. The van der Waals surface area contributed by atoms with Crippen LogP contribution in [0.1, 0.15) is 21.9 Å². The predicted octanol–water partition coefficient (Wildman–Crippen LogP) is 2.82. The van der Waals surface area contributed by atoms with E-state index in [0.717, 1.165) is 0 Å². The van der Waals surface area contributed by atoms with Gasteiger partial charge in [0.05, 0.1) is 29.9 Å². The Kier molecular flexibility index (Phi) is 4.65. The van der Waals surface area contributed by atoms with Gasteiger partial charge in [0.25, 0.3) is 0 Å². The first-order valence-electron chi connectivity index (χ1n) is 5.94. The molecule has 1 aromatic heterocycles. The number of hydrogen-bond acceptors (Lipinski definition) is 5. The fourth-order valence-corrected chi connectivity index (χ4v) is 1.87. The third kappa shape index (κ3) is 3.31. The van der Waals surface area contributed by atoms with E-state index in [2.05, 4.69) is 10.1 Å². The Morgan fingerprint density at radius 2 is 2.10 bits per heavy atom. The molecule has 2 aromatic rings. The van der Waals surface area contributed by atoms with Crippen molar-refractivity contribution in [1.29, 1.82) is 0 Å². The fraction of sp³-hybridized carbons (Fsp3) is 0.214. The molecule has 0 aliphatic carbocycles. The molecule has 0 saturated heterocycles. The lowest BCUT2D eigenvalue weighted by Crippen LogP contribution is -2.04. The first kappa shape index (κ1) is 14.4. The van der Waals surface area contributed by atoms with E-state index in [0.29, 0.717) is 34.3 Å². The number of hydrogen-bond donors (Lipinski definition) is 2. The average Bonchev–Trinajstić information content (AvgIpc) is 2.93. The monoisotopic (exact) mass is 295 g/mol. The maximum atomic E-state index is 11.5. The largest absolute Gasteiger partial charge is 0.465 e. The van der Waals surface area contributed by atoms with E-state index in [4.69, 9.17) is 21.1 Å². The van der Waals surface area contributed by atoms with Crippen molar-refractivity contribution >= 4 is 23.3 Å². The van der Waals surface area contributed by atoms with E-state index in [-0.39, 0.29) is 6.61 Å². The lowest BCUT2D eigenvalue weighted by atomic mass is 10.2. The standard InChI is InChI=1S/C14H14ClNO4/c1-19-14(18)9-2-5-12(15)13(6-9)16-7-10-3-4-11(8-17)20-10/h2-6,16-17H,7-8H2,1H3. The number of rotatable bonds is 5. The molecule has 106 valence electrons. The molecule has 0 fully saturated rings. The highest BCUT2D eigenvalue weighted by Crippen LogP contribution is 2.24. The third-order valence-electron chi connectivity index (χ3n) is 2.71. The van der Waals surface area contributed by atoms with Crippen LogP contribution in [0, 0.1) is 0 Å². The molecule has 20 heavy (non-hydrogen) atoms. The number of aliphatic hydroxyl groups excluding tert-OH is 1. The number of furan rings is 1. The number of nitrogens with one attached hydrogen (secondary N) is 1. The van der Waals surface area contributed by atoms with Crippen LogP contribution in [-0.4, -0.2) is 18.2 Å². The second-order valence-electron chi connectivity index (χ2n) is 4.07. The molecular weight excluding hydrogens is 282 g/mol. The highest BCUT2D eigenvalue weighted by Gasteiger charge is 2.09. The highest BCUT2D eigenvalue weighted by molar-refractivity contribution is 6.33. The van der Waals surface area contributed by atoms with Gasteiger partial charge >= 0.3 is 5.97 Å². The summed E-state index contributed by atoms with van der Waals surface area (Å²) in [6, 6.07) is 8.29. The molecule has 0 radical (unpaired) electrons. The molecule has 5 nitrogen and oxygen atoms in total. The molecule has 2 rings (SSSR count). The number of benzene rings is 1. The van der Waals surface area contributed by atoms with Crippen molar-refractivity contribution in [1.82, 2.24) is 0 Å². The second kappa shape index (κ2) is 6.45. The van der Waals surface area contributed by atoms with Crippen LogP contribution in [0.15, 0.2) is 34.7 Å².